The molecule has 0 amide bonds. The molecule has 27 heavy (non-hydrogen) atoms. The van der Waals surface area contributed by atoms with Crippen LogP contribution in [-0.2, 0) is 4.74 Å². The zero-order chi connectivity index (χ0) is 19.2. The van der Waals surface area contributed by atoms with E-state index in [1.54, 1.807) is 29.6 Å². The molecular formula is C22H19N3O2. The predicted octanol–water partition coefficient (Wildman–Crippen LogP) is 3.40. The van der Waals surface area contributed by atoms with Crippen LogP contribution in [-0.4, -0.2) is 37.1 Å². The van der Waals surface area contributed by atoms with Crippen LogP contribution in [0.3, 0.4) is 0 Å². The maximum Gasteiger partial charge on any atom is 0.341 e. The predicted molar refractivity (Wildman–Crippen MR) is 106 cm³/mol. The van der Waals surface area contributed by atoms with Crippen LogP contribution in [0.25, 0.3) is 11.1 Å². The van der Waals surface area contributed by atoms with Crippen molar-refractivity contribution < 1.29 is 9.53 Å². The number of aromatic nitrogens is 2. The Hall–Kier alpha value is -3.65. The van der Waals surface area contributed by atoms with Gasteiger partial charge >= 0.3 is 5.97 Å². The van der Waals surface area contributed by atoms with Gasteiger partial charge in [-0.3, -0.25) is 4.98 Å². The third-order valence-corrected chi connectivity index (χ3v) is 3.93. The highest BCUT2D eigenvalue weighted by Crippen LogP contribution is 2.25. The van der Waals surface area contributed by atoms with Gasteiger partial charge in [0.15, 0.2) is 0 Å². The number of nitrogens with zero attached hydrogens (tertiary/aromatic N) is 3. The lowest BCUT2D eigenvalue weighted by Gasteiger charge is -2.16. The van der Waals surface area contributed by atoms with Gasteiger partial charge in [-0.25, -0.2) is 9.78 Å². The normalized spacial score (nSPS) is 9.89. The molecule has 134 valence electrons. The maximum absolute atomic E-state index is 12.1. The Morgan fingerprint density at radius 1 is 1.00 bits per heavy atom. The molecule has 1 aromatic carbocycles. The molecule has 3 rings (SSSR count). The SMILES string of the molecule is COC(=O)c1cc(-c2ccc(C#Cc3cccnc3)cc2)cnc1N(C)C. The van der Waals surface area contributed by atoms with Gasteiger partial charge in [0.1, 0.15) is 11.4 Å². The first-order valence-electron chi connectivity index (χ1n) is 8.36. The minimum absolute atomic E-state index is 0.410. The van der Waals surface area contributed by atoms with E-state index in [0.29, 0.717) is 11.4 Å². The van der Waals surface area contributed by atoms with E-state index in [0.717, 1.165) is 22.3 Å². The zero-order valence-corrected chi connectivity index (χ0v) is 15.4. The highest BCUT2D eigenvalue weighted by molar-refractivity contribution is 5.96. The van der Waals surface area contributed by atoms with E-state index in [2.05, 4.69) is 21.8 Å². The van der Waals surface area contributed by atoms with Crippen LogP contribution in [0, 0.1) is 11.8 Å². The van der Waals surface area contributed by atoms with Crippen LogP contribution in [0.2, 0.25) is 0 Å². The lowest BCUT2D eigenvalue weighted by Crippen LogP contribution is -2.16. The highest BCUT2D eigenvalue weighted by Gasteiger charge is 2.16. The van der Waals surface area contributed by atoms with Crippen molar-refractivity contribution in [3.8, 4) is 23.0 Å². The fraction of sp³-hybridized carbons (Fsp3) is 0.136. The fourth-order valence-electron chi connectivity index (χ4n) is 2.56. The number of hydrogen-bond donors (Lipinski definition) is 0. The molecule has 0 spiro atoms. The first-order chi connectivity index (χ1) is 13.1. The van der Waals surface area contributed by atoms with Gasteiger partial charge in [0, 0.05) is 49.4 Å². The number of benzene rings is 1. The second-order valence-corrected chi connectivity index (χ2v) is 6.05. The average Bonchev–Trinajstić information content (AvgIpc) is 2.72. The average molecular weight is 357 g/mol. The molecule has 0 N–H and O–H groups in total. The fourth-order valence-corrected chi connectivity index (χ4v) is 2.56. The van der Waals surface area contributed by atoms with E-state index in [9.17, 15) is 4.79 Å². The van der Waals surface area contributed by atoms with E-state index >= 15 is 0 Å². The molecule has 0 fully saturated rings. The molecule has 5 nitrogen and oxygen atoms in total. The van der Waals surface area contributed by atoms with Gasteiger partial charge in [-0.2, -0.15) is 0 Å². The van der Waals surface area contributed by atoms with Gasteiger partial charge in [-0.05, 0) is 35.9 Å². The number of methoxy groups -OCH3 is 1. The van der Waals surface area contributed by atoms with E-state index in [1.807, 2.05) is 50.5 Å². The molecule has 0 unspecified atom stereocenters. The van der Waals surface area contributed by atoms with Gasteiger partial charge in [-0.1, -0.05) is 24.0 Å². The maximum atomic E-state index is 12.1. The molecule has 2 heterocycles. The summed E-state index contributed by atoms with van der Waals surface area (Å²) < 4.78 is 4.88. The summed E-state index contributed by atoms with van der Waals surface area (Å²) in [6.45, 7) is 0. The number of pyridine rings is 2. The molecule has 0 radical (unpaired) electrons. The molecule has 2 aromatic heterocycles. The number of ether oxygens (including phenoxy) is 1. The molecule has 0 saturated carbocycles. The summed E-state index contributed by atoms with van der Waals surface area (Å²) in [5.74, 6) is 6.36. The number of carbonyl (C=O) groups is 1. The molecule has 5 heteroatoms. The number of rotatable bonds is 3. The number of anilines is 1. The van der Waals surface area contributed by atoms with Crippen molar-refractivity contribution in [1.82, 2.24) is 9.97 Å². The van der Waals surface area contributed by atoms with Crippen LogP contribution in [0.15, 0.2) is 61.1 Å². The van der Waals surface area contributed by atoms with E-state index in [1.165, 1.54) is 7.11 Å². The van der Waals surface area contributed by atoms with Crippen LogP contribution in [0.1, 0.15) is 21.5 Å². The molecule has 0 aliphatic rings. The molecule has 0 bridgehead atoms. The van der Waals surface area contributed by atoms with E-state index in [4.69, 9.17) is 4.74 Å². The van der Waals surface area contributed by atoms with Gasteiger partial charge < -0.3 is 9.64 Å². The minimum Gasteiger partial charge on any atom is -0.465 e. The summed E-state index contributed by atoms with van der Waals surface area (Å²) in [6, 6.07) is 13.4. The van der Waals surface area contributed by atoms with Crippen molar-refractivity contribution >= 4 is 11.8 Å². The van der Waals surface area contributed by atoms with Crippen molar-refractivity contribution in [1.29, 1.82) is 0 Å². The topological polar surface area (TPSA) is 55.3 Å². The number of hydrogen-bond acceptors (Lipinski definition) is 5. The second-order valence-electron chi connectivity index (χ2n) is 6.05. The second kappa shape index (κ2) is 8.15. The Morgan fingerprint density at radius 3 is 2.37 bits per heavy atom. The third kappa shape index (κ3) is 4.31. The highest BCUT2D eigenvalue weighted by atomic mass is 16.5. The van der Waals surface area contributed by atoms with Crippen LogP contribution in [0.4, 0.5) is 5.82 Å². The van der Waals surface area contributed by atoms with Crippen molar-refractivity contribution in [3.05, 3.63) is 77.7 Å². The minimum atomic E-state index is -0.410. The first-order valence-corrected chi connectivity index (χ1v) is 8.36. The van der Waals surface area contributed by atoms with Crippen LogP contribution in [0.5, 0.6) is 0 Å². The molecular weight excluding hydrogens is 338 g/mol. The molecule has 0 atom stereocenters. The van der Waals surface area contributed by atoms with E-state index < -0.39 is 5.97 Å². The largest absolute Gasteiger partial charge is 0.465 e. The Kier molecular flexibility index (Phi) is 5.48. The quantitative estimate of drug-likeness (QED) is 0.531. The summed E-state index contributed by atoms with van der Waals surface area (Å²) in [5.41, 5.74) is 3.99. The standard InChI is InChI=1S/C22H19N3O2/c1-25(2)21-20(22(26)27-3)13-19(15-24-21)18-10-8-16(9-11-18)6-7-17-5-4-12-23-14-17/h4-5,8-15H,1-3H3. The van der Waals surface area contributed by atoms with Gasteiger partial charge in [0.25, 0.3) is 0 Å². The van der Waals surface area contributed by atoms with Gasteiger partial charge in [0.2, 0.25) is 0 Å². The van der Waals surface area contributed by atoms with Crippen molar-refractivity contribution in [2.24, 2.45) is 0 Å². The van der Waals surface area contributed by atoms with Crippen molar-refractivity contribution in [2.45, 2.75) is 0 Å². The summed E-state index contributed by atoms with van der Waals surface area (Å²) in [4.78, 5) is 22.3. The molecule has 0 aliphatic heterocycles. The Bertz CT molecular complexity index is 1000. The Morgan fingerprint density at radius 2 is 1.74 bits per heavy atom. The van der Waals surface area contributed by atoms with Crippen molar-refractivity contribution in [3.63, 3.8) is 0 Å². The van der Waals surface area contributed by atoms with Crippen LogP contribution < -0.4 is 4.90 Å². The molecule has 0 saturated heterocycles. The number of carbonyl (C=O) groups excluding carboxylic acids is 1. The summed E-state index contributed by atoms with van der Waals surface area (Å²) in [7, 11) is 5.04. The zero-order valence-electron chi connectivity index (χ0n) is 15.4. The Labute approximate surface area is 158 Å². The molecule has 0 aliphatic carbocycles. The smallest absolute Gasteiger partial charge is 0.341 e. The monoisotopic (exact) mass is 357 g/mol. The third-order valence-electron chi connectivity index (χ3n) is 3.93. The van der Waals surface area contributed by atoms with Crippen molar-refractivity contribution in [2.75, 3.05) is 26.1 Å². The first kappa shape index (κ1) is 18.2. The number of esters is 1. The lowest BCUT2D eigenvalue weighted by atomic mass is 10.0. The summed E-state index contributed by atoms with van der Waals surface area (Å²) in [5, 5.41) is 0. The van der Waals surface area contributed by atoms with Gasteiger partial charge in [0.05, 0.1) is 7.11 Å². The Balaban J connectivity index is 1.89. The summed E-state index contributed by atoms with van der Waals surface area (Å²) in [6.07, 6.45) is 5.20. The van der Waals surface area contributed by atoms with Crippen LogP contribution >= 0.6 is 0 Å². The van der Waals surface area contributed by atoms with E-state index in [-0.39, 0.29) is 0 Å². The lowest BCUT2D eigenvalue weighted by molar-refractivity contribution is 0.0601. The molecule has 3 aromatic rings. The van der Waals surface area contributed by atoms with Gasteiger partial charge in [-0.15, -0.1) is 0 Å². The summed E-state index contributed by atoms with van der Waals surface area (Å²) >= 11 is 0.